The Morgan fingerprint density at radius 2 is 1.91 bits per heavy atom. The van der Waals surface area contributed by atoms with E-state index in [-0.39, 0.29) is 24.1 Å². The number of aryl methyl sites for hydroxylation is 1. The number of hydrogen-bond acceptors (Lipinski definition) is 12. The number of nitrogens with zero attached hydrogens (tertiary/aromatic N) is 5. The van der Waals surface area contributed by atoms with Crippen molar-refractivity contribution in [1.82, 2.24) is 24.9 Å². The summed E-state index contributed by atoms with van der Waals surface area (Å²) in [5, 5.41) is 11.6. The number of nitrogens with one attached hydrogen (secondary N) is 1. The van der Waals surface area contributed by atoms with E-state index >= 15 is 0 Å². The van der Waals surface area contributed by atoms with Gasteiger partial charge in [-0.2, -0.15) is 4.98 Å². The molecule has 5 rings (SSSR count). The number of hydrogen-bond donors (Lipinski definition) is 2. The average Bonchev–Trinajstić information content (AvgIpc) is 3.41. The zero-order chi connectivity index (χ0) is 31.4. The van der Waals surface area contributed by atoms with E-state index in [0.29, 0.717) is 32.3 Å². The van der Waals surface area contributed by atoms with E-state index in [0.717, 1.165) is 11.1 Å². The highest BCUT2D eigenvalue weighted by Gasteiger charge is 2.29. The molecule has 1 amide bonds. The predicted octanol–water partition coefficient (Wildman–Crippen LogP) is 5.18. The summed E-state index contributed by atoms with van der Waals surface area (Å²) >= 11 is 1.23. The van der Waals surface area contributed by atoms with Gasteiger partial charge in [0.15, 0.2) is 12.4 Å². The normalized spacial score (nSPS) is 12.2. The van der Waals surface area contributed by atoms with E-state index in [1.165, 1.54) is 49.0 Å². The van der Waals surface area contributed by atoms with Crippen LogP contribution in [0.1, 0.15) is 12.5 Å². The van der Waals surface area contributed by atoms with Crippen LogP contribution in [-0.2, 0) is 4.74 Å². The maximum atomic E-state index is 14.9. The van der Waals surface area contributed by atoms with Gasteiger partial charge in [-0.25, -0.2) is 37.9 Å². The Morgan fingerprint density at radius 3 is 2.64 bits per heavy atom. The van der Waals surface area contributed by atoms with E-state index < -0.39 is 37.2 Å². The molecule has 4 heterocycles. The van der Waals surface area contributed by atoms with Crippen LogP contribution in [0.15, 0.2) is 42.7 Å². The van der Waals surface area contributed by atoms with Crippen molar-refractivity contribution in [2.75, 3.05) is 32.2 Å². The largest absolute Gasteiger partial charge is 0.480 e. The van der Waals surface area contributed by atoms with Gasteiger partial charge in [0.05, 0.1) is 36.2 Å². The summed E-state index contributed by atoms with van der Waals surface area (Å²) in [6.07, 6.45) is 1.05. The van der Waals surface area contributed by atoms with Crippen molar-refractivity contribution < 1.29 is 42.0 Å². The van der Waals surface area contributed by atoms with Crippen molar-refractivity contribution >= 4 is 44.5 Å². The summed E-state index contributed by atoms with van der Waals surface area (Å²) in [5.41, 5.74) is 3.42. The Balaban J connectivity index is 1.21. The number of carbonyl (C=O) groups is 1. The lowest BCUT2D eigenvalue weighted by Gasteiger charge is -2.15. The number of aliphatic hydroxyl groups excluding tert-OH is 1. The molecule has 1 atom stereocenters. The molecule has 0 radical (unpaired) electrons. The van der Waals surface area contributed by atoms with Gasteiger partial charge in [-0.1, -0.05) is 11.3 Å². The summed E-state index contributed by atoms with van der Waals surface area (Å²) in [5.74, 6) is -4.18. The molecule has 16 heteroatoms. The molecule has 230 valence electrons. The molecule has 12 nitrogen and oxygen atoms in total. The fourth-order valence-electron chi connectivity index (χ4n) is 3.87. The van der Waals surface area contributed by atoms with Crippen molar-refractivity contribution in [2.24, 2.45) is 0 Å². The summed E-state index contributed by atoms with van der Waals surface area (Å²) in [6.45, 7) is 0.827. The Morgan fingerprint density at radius 1 is 1.09 bits per heavy atom. The summed E-state index contributed by atoms with van der Waals surface area (Å²) in [4.78, 5) is 34.2. The number of methoxy groups -OCH3 is 1. The molecule has 0 fully saturated rings. The highest BCUT2D eigenvalue weighted by atomic mass is 32.1. The van der Waals surface area contributed by atoms with Crippen molar-refractivity contribution in [3.05, 3.63) is 54.1 Å². The zero-order valence-electron chi connectivity index (χ0n) is 23.5. The number of amides is 1. The maximum absolute atomic E-state index is 14.9. The Hall–Kier alpha value is -4.83. The number of alkyl halides is 2. The van der Waals surface area contributed by atoms with E-state index in [1.807, 2.05) is 19.1 Å². The van der Waals surface area contributed by atoms with Gasteiger partial charge in [0.2, 0.25) is 11.8 Å². The molecule has 1 aromatic carbocycles. The second kappa shape index (κ2) is 12.8. The van der Waals surface area contributed by atoms with Crippen LogP contribution < -0.4 is 19.5 Å². The molecule has 0 aliphatic rings. The van der Waals surface area contributed by atoms with Crippen LogP contribution in [0, 0.1) is 12.7 Å². The van der Waals surface area contributed by atoms with Gasteiger partial charge in [-0.3, -0.25) is 5.32 Å². The number of ether oxygens (including phenoxy) is 4. The summed E-state index contributed by atoms with van der Waals surface area (Å²) in [6, 6.07) is 7.64. The van der Waals surface area contributed by atoms with Crippen molar-refractivity contribution in [1.29, 1.82) is 0 Å². The molecule has 4 aromatic heterocycles. The van der Waals surface area contributed by atoms with E-state index in [4.69, 9.17) is 24.1 Å². The van der Waals surface area contributed by atoms with Crippen LogP contribution in [0.5, 0.6) is 17.6 Å². The van der Waals surface area contributed by atoms with Gasteiger partial charge in [-0.05, 0) is 37.6 Å². The molecule has 0 aliphatic heterocycles. The lowest BCUT2D eigenvalue weighted by Crippen LogP contribution is -2.29. The number of fused-ring (bicyclic) bond motifs is 2. The molecule has 5 aromatic rings. The average molecular weight is 631 g/mol. The Labute approximate surface area is 251 Å². The minimum atomic E-state index is -3.41. The minimum absolute atomic E-state index is 0.125. The predicted molar refractivity (Wildman–Crippen MR) is 154 cm³/mol. The van der Waals surface area contributed by atoms with Crippen LogP contribution in [0.2, 0.25) is 0 Å². The number of rotatable bonds is 11. The number of aliphatic hydroxyl groups is 1. The van der Waals surface area contributed by atoms with Gasteiger partial charge >= 0.3 is 12.0 Å². The highest BCUT2D eigenvalue weighted by molar-refractivity contribution is 7.21. The lowest BCUT2D eigenvalue weighted by molar-refractivity contribution is -0.0809. The van der Waals surface area contributed by atoms with Crippen molar-refractivity contribution in [2.45, 2.75) is 25.9 Å². The number of thiazole rings is 1. The number of benzene rings is 1. The quantitative estimate of drug-likeness (QED) is 0.199. The van der Waals surface area contributed by atoms with E-state index in [9.17, 15) is 18.0 Å². The first-order chi connectivity index (χ1) is 21.0. The second-order valence-corrected chi connectivity index (χ2v) is 10.5. The minimum Gasteiger partial charge on any atom is -0.480 e. The summed E-state index contributed by atoms with van der Waals surface area (Å²) < 4.78 is 61.8. The first-order valence-electron chi connectivity index (χ1n) is 13.0. The fraction of sp³-hybridized carbons (Fsp3) is 0.286. The zero-order valence-corrected chi connectivity index (χ0v) is 24.3. The van der Waals surface area contributed by atoms with Gasteiger partial charge in [-0.15, -0.1) is 0 Å². The number of pyridine rings is 2. The highest BCUT2D eigenvalue weighted by Crippen LogP contribution is 2.35. The SMILES string of the molecule is COc1cnc2c(-c3nc4cc(F)c(O[C@@H](C)COC(=O)Nc5ccc(OCC(F)(F)CO)nc5)nc4s3)cc(C)cc2n1. The third kappa shape index (κ3) is 7.20. The number of anilines is 1. The van der Waals surface area contributed by atoms with Crippen molar-refractivity contribution in [3.63, 3.8) is 0 Å². The standard InChI is InChI=1S/C28H25F3N6O6S/c1-14-6-17(23-19(7-14)35-22(40-3)10-33-23)25-36-20-8-18(29)24(37-26(20)44-25)43-15(2)11-41-27(39)34-16-4-5-21(32-9-16)42-13-28(30,31)12-38/h4-10,15,38H,11-13H2,1-3H3,(H,34,39)/t15-/m0/s1. The molecule has 0 saturated heterocycles. The monoisotopic (exact) mass is 630 g/mol. The Kier molecular flexibility index (Phi) is 8.91. The molecule has 44 heavy (non-hydrogen) atoms. The van der Waals surface area contributed by atoms with E-state index in [1.54, 1.807) is 6.92 Å². The van der Waals surface area contributed by atoms with Crippen LogP contribution in [0.25, 0.3) is 32.0 Å². The molecular formula is C28H25F3N6O6S. The lowest BCUT2D eigenvalue weighted by atomic mass is 10.1. The van der Waals surface area contributed by atoms with Gasteiger partial charge in [0, 0.05) is 17.7 Å². The maximum Gasteiger partial charge on any atom is 0.411 e. The molecule has 0 unspecified atom stereocenters. The van der Waals surface area contributed by atoms with Crippen LogP contribution in [-0.4, -0.2) is 75.1 Å². The molecule has 0 spiro atoms. The molecule has 2 N–H and O–H groups in total. The second-order valence-electron chi connectivity index (χ2n) is 9.55. The third-order valence-electron chi connectivity index (χ3n) is 5.92. The van der Waals surface area contributed by atoms with Gasteiger partial charge in [0.25, 0.3) is 5.88 Å². The van der Waals surface area contributed by atoms with Crippen LogP contribution >= 0.6 is 11.3 Å². The number of aromatic nitrogens is 5. The van der Waals surface area contributed by atoms with Gasteiger partial charge in [0.1, 0.15) is 34.7 Å². The first kappa shape index (κ1) is 30.6. The Bertz CT molecular complexity index is 1810. The smallest absolute Gasteiger partial charge is 0.411 e. The first-order valence-corrected chi connectivity index (χ1v) is 13.8. The topological polar surface area (TPSA) is 151 Å². The van der Waals surface area contributed by atoms with Crippen LogP contribution in [0.4, 0.5) is 23.7 Å². The molecular weight excluding hydrogens is 605 g/mol. The van der Waals surface area contributed by atoms with E-state index in [2.05, 4.69) is 30.2 Å². The number of halogens is 3. The fourth-order valence-corrected chi connectivity index (χ4v) is 4.80. The molecule has 0 saturated carbocycles. The van der Waals surface area contributed by atoms with Crippen LogP contribution in [0.3, 0.4) is 0 Å². The summed E-state index contributed by atoms with van der Waals surface area (Å²) in [7, 11) is 1.51. The third-order valence-corrected chi connectivity index (χ3v) is 6.92. The number of carbonyl (C=O) groups excluding carboxylic acids is 1. The van der Waals surface area contributed by atoms with Crippen molar-refractivity contribution in [3.8, 4) is 28.2 Å². The van der Waals surface area contributed by atoms with Gasteiger partial charge < -0.3 is 24.1 Å². The molecule has 0 aliphatic carbocycles. The molecule has 0 bridgehead atoms.